The van der Waals surface area contributed by atoms with Crippen molar-refractivity contribution in [2.24, 2.45) is 5.92 Å². The number of likely N-dealkylation sites (N-methyl/N-ethyl adjacent to an activating group) is 1. The van der Waals surface area contributed by atoms with E-state index in [1.807, 2.05) is 13.0 Å². The molecule has 2 aromatic rings. The van der Waals surface area contributed by atoms with Crippen LogP contribution in [0.2, 0.25) is 0 Å². The van der Waals surface area contributed by atoms with E-state index in [1.165, 1.54) is 0 Å². The minimum absolute atomic E-state index is 0.0281. The summed E-state index contributed by atoms with van der Waals surface area (Å²) in [5.41, 5.74) is 2.03. The zero-order chi connectivity index (χ0) is 22.9. The highest BCUT2D eigenvalue weighted by Gasteiger charge is 2.23. The molecule has 0 saturated heterocycles. The van der Waals surface area contributed by atoms with Gasteiger partial charge in [-0.3, -0.25) is 4.79 Å². The molecule has 0 spiro atoms. The third-order valence-corrected chi connectivity index (χ3v) is 5.53. The van der Waals surface area contributed by atoms with Gasteiger partial charge in [-0.2, -0.15) is 10.2 Å². The molecule has 0 radical (unpaired) electrons. The quantitative estimate of drug-likeness (QED) is 0.520. The van der Waals surface area contributed by atoms with Crippen molar-refractivity contribution in [2.75, 3.05) is 24.7 Å². The average molecular weight is 432 g/mol. The van der Waals surface area contributed by atoms with Crippen molar-refractivity contribution in [3.63, 3.8) is 0 Å². The molecule has 0 aliphatic heterocycles. The number of carbonyl (C=O) groups is 1. The van der Waals surface area contributed by atoms with Crippen LogP contribution < -0.4 is 21.3 Å². The maximum atomic E-state index is 12.2. The van der Waals surface area contributed by atoms with Gasteiger partial charge in [-0.1, -0.05) is 24.3 Å². The van der Waals surface area contributed by atoms with Crippen molar-refractivity contribution < 1.29 is 4.79 Å². The first-order valence-electron chi connectivity index (χ1n) is 10.8. The summed E-state index contributed by atoms with van der Waals surface area (Å²) >= 11 is 0. The van der Waals surface area contributed by atoms with Crippen molar-refractivity contribution in [2.45, 2.75) is 44.7 Å². The Labute approximate surface area is 189 Å². The number of benzene rings is 1. The Hall–Kier alpha value is -3.62. The molecule has 8 nitrogen and oxygen atoms in total. The summed E-state index contributed by atoms with van der Waals surface area (Å²) in [5, 5.41) is 21.3. The molecule has 1 aromatic carbocycles. The van der Waals surface area contributed by atoms with Gasteiger partial charge >= 0.3 is 0 Å². The summed E-state index contributed by atoms with van der Waals surface area (Å²) in [6.07, 6.45) is 5.58. The summed E-state index contributed by atoms with van der Waals surface area (Å²) in [6, 6.07) is 9.21. The smallest absolute Gasteiger partial charge is 0.237 e. The molecule has 166 valence electrons. The van der Waals surface area contributed by atoms with Crippen LogP contribution in [0.15, 0.2) is 30.5 Å². The Bertz CT molecular complexity index is 1050. The van der Waals surface area contributed by atoms with E-state index >= 15 is 0 Å². The van der Waals surface area contributed by atoms with Crippen LogP contribution in [0.1, 0.15) is 43.7 Å². The van der Waals surface area contributed by atoms with Gasteiger partial charge in [-0.05, 0) is 51.4 Å². The van der Waals surface area contributed by atoms with E-state index in [0.29, 0.717) is 17.3 Å². The third-order valence-electron chi connectivity index (χ3n) is 5.53. The van der Waals surface area contributed by atoms with E-state index in [0.717, 1.165) is 36.9 Å². The lowest BCUT2D eigenvalue weighted by atomic mass is 9.86. The molecule has 3 rings (SSSR count). The first-order valence-corrected chi connectivity index (χ1v) is 10.8. The Balaban J connectivity index is 1.67. The number of amides is 1. The molecule has 3 atom stereocenters. The van der Waals surface area contributed by atoms with Gasteiger partial charge in [-0.15, -0.1) is 0 Å². The summed E-state index contributed by atoms with van der Waals surface area (Å²) < 4.78 is 0. The fourth-order valence-corrected chi connectivity index (χ4v) is 3.61. The van der Waals surface area contributed by atoms with Crippen LogP contribution in [-0.2, 0) is 4.79 Å². The molecular weight excluding hydrogens is 402 g/mol. The van der Waals surface area contributed by atoms with E-state index in [1.54, 1.807) is 38.5 Å². The van der Waals surface area contributed by atoms with Gasteiger partial charge in [0.25, 0.3) is 0 Å². The molecule has 1 aromatic heterocycles. The molecule has 1 heterocycles. The predicted molar refractivity (Wildman–Crippen MR) is 125 cm³/mol. The number of nitrogens with zero attached hydrogens (tertiary/aromatic N) is 3. The fourth-order valence-electron chi connectivity index (χ4n) is 3.61. The van der Waals surface area contributed by atoms with Gasteiger partial charge in [0.2, 0.25) is 11.9 Å². The van der Waals surface area contributed by atoms with Crippen LogP contribution in [0, 0.1) is 29.1 Å². The number of rotatable bonds is 6. The summed E-state index contributed by atoms with van der Waals surface area (Å²) in [7, 11) is 3.58. The van der Waals surface area contributed by atoms with Crippen LogP contribution >= 0.6 is 0 Å². The van der Waals surface area contributed by atoms with E-state index < -0.39 is 0 Å². The second kappa shape index (κ2) is 11.1. The lowest BCUT2D eigenvalue weighted by molar-refractivity contribution is -0.123. The maximum absolute atomic E-state index is 12.2. The van der Waals surface area contributed by atoms with Gasteiger partial charge in [0.05, 0.1) is 29.4 Å². The third kappa shape index (κ3) is 6.19. The number of aromatic nitrogens is 2. The fraction of sp³-hybridized carbons (Fsp3) is 0.417. The van der Waals surface area contributed by atoms with Crippen LogP contribution in [0.5, 0.6) is 0 Å². The number of nitrogens with one attached hydrogen (secondary N) is 4. The highest BCUT2D eigenvalue weighted by molar-refractivity contribution is 5.81. The molecule has 1 fully saturated rings. The first kappa shape index (κ1) is 23.1. The monoisotopic (exact) mass is 431 g/mol. The van der Waals surface area contributed by atoms with Crippen LogP contribution in [0.4, 0.5) is 17.5 Å². The van der Waals surface area contributed by atoms with Crippen molar-refractivity contribution in [3.05, 3.63) is 41.6 Å². The maximum Gasteiger partial charge on any atom is 0.237 e. The van der Waals surface area contributed by atoms with Gasteiger partial charge in [-0.25, -0.2) is 4.98 Å². The Morgan fingerprint density at radius 2 is 2.12 bits per heavy atom. The summed E-state index contributed by atoms with van der Waals surface area (Å²) in [6.45, 7) is 1.85. The SMILES string of the molecule is CNc1nc(Nc2cccc(C#N)c2)ncc1C#C[C@@H]1CCC[C@H](NC(=O)[C@H](C)NC)C1. The zero-order valence-corrected chi connectivity index (χ0v) is 18.7. The molecule has 1 amide bonds. The minimum atomic E-state index is -0.203. The van der Waals surface area contributed by atoms with E-state index in [-0.39, 0.29) is 23.9 Å². The minimum Gasteiger partial charge on any atom is -0.372 e. The van der Waals surface area contributed by atoms with Crippen molar-refractivity contribution in [1.82, 2.24) is 20.6 Å². The van der Waals surface area contributed by atoms with Gasteiger partial charge < -0.3 is 21.3 Å². The number of nitriles is 1. The second-order valence-corrected chi connectivity index (χ2v) is 7.87. The van der Waals surface area contributed by atoms with Crippen LogP contribution in [0.25, 0.3) is 0 Å². The summed E-state index contributed by atoms with van der Waals surface area (Å²) in [4.78, 5) is 21.0. The Morgan fingerprint density at radius 1 is 1.28 bits per heavy atom. The number of hydrogen-bond acceptors (Lipinski definition) is 7. The molecule has 1 aliphatic rings. The van der Waals surface area contributed by atoms with Crippen LogP contribution in [-0.4, -0.2) is 42.1 Å². The average Bonchev–Trinajstić information content (AvgIpc) is 2.82. The van der Waals surface area contributed by atoms with Crippen molar-refractivity contribution in [3.8, 4) is 17.9 Å². The standard InChI is InChI=1S/C24H29N7O/c1-16(26-2)23(32)29-20-8-4-6-17(12-20)10-11-19-15-28-24(31-22(19)27-3)30-21-9-5-7-18(13-21)14-25/h5,7,9,13,15-17,20,26H,4,6,8,12H2,1-3H3,(H,29,32)(H2,27,28,30,31)/t16-,17-,20-/m0/s1. The largest absolute Gasteiger partial charge is 0.372 e. The molecular formula is C24H29N7O. The predicted octanol–water partition coefficient (Wildman–Crippen LogP) is 2.77. The van der Waals surface area contributed by atoms with Crippen molar-refractivity contribution in [1.29, 1.82) is 5.26 Å². The molecule has 1 aliphatic carbocycles. The van der Waals surface area contributed by atoms with Gasteiger partial charge in [0, 0.05) is 24.7 Å². The van der Waals surface area contributed by atoms with E-state index in [2.05, 4.69) is 49.1 Å². The molecule has 1 saturated carbocycles. The zero-order valence-electron chi connectivity index (χ0n) is 18.7. The highest BCUT2D eigenvalue weighted by atomic mass is 16.2. The highest BCUT2D eigenvalue weighted by Crippen LogP contribution is 2.24. The molecule has 32 heavy (non-hydrogen) atoms. The lowest BCUT2D eigenvalue weighted by Gasteiger charge is -2.28. The summed E-state index contributed by atoms with van der Waals surface area (Å²) in [5.74, 6) is 7.87. The Morgan fingerprint density at radius 3 is 2.88 bits per heavy atom. The number of anilines is 3. The van der Waals surface area contributed by atoms with Gasteiger partial charge in [0.15, 0.2) is 0 Å². The number of carbonyl (C=O) groups excluding carboxylic acids is 1. The first-order chi connectivity index (χ1) is 15.5. The normalized spacial score (nSPS) is 18.4. The number of hydrogen-bond donors (Lipinski definition) is 4. The van der Waals surface area contributed by atoms with Crippen molar-refractivity contribution >= 4 is 23.4 Å². The van der Waals surface area contributed by atoms with E-state index in [4.69, 9.17) is 5.26 Å². The lowest BCUT2D eigenvalue weighted by Crippen LogP contribution is -2.46. The second-order valence-electron chi connectivity index (χ2n) is 7.87. The molecule has 4 N–H and O–H groups in total. The molecule has 0 bridgehead atoms. The molecule has 8 heteroatoms. The van der Waals surface area contributed by atoms with Crippen LogP contribution in [0.3, 0.4) is 0 Å². The van der Waals surface area contributed by atoms with E-state index in [9.17, 15) is 4.79 Å². The molecule has 0 unspecified atom stereocenters. The topological polar surface area (TPSA) is 115 Å². The van der Waals surface area contributed by atoms with Gasteiger partial charge in [0.1, 0.15) is 5.82 Å². The Kier molecular flexibility index (Phi) is 8.02.